The van der Waals surface area contributed by atoms with Crippen LogP contribution >= 0.6 is 0 Å². The fraction of sp³-hybridized carbons (Fsp3) is 0.0217. The summed E-state index contributed by atoms with van der Waals surface area (Å²) in [7, 11) is 0. The third-order valence-electron chi connectivity index (χ3n) is 28.3. The molecule has 3 aliphatic rings. The zero-order valence-corrected chi connectivity index (χ0v) is 80.4. The maximum absolute atomic E-state index is 5.21. The van der Waals surface area contributed by atoms with E-state index in [1.807, 2.05) is 36.4 Å². The van der Waals surface area contributed by atoms with Gasteiger partial charge in [0.15, 0.2) is 52.4 Å². The summed E-state index contributed by atoms with van der Waals surface area (Å²) in [5.74, 6) is 5.98. The highest BCUT2D eigenvalue weighted by Gasteiger charge is 2.31. The first-order valence-electron chi connectivity index (χ1n) is 50.0. The second kappa shape index (κ2) is 40.0. The Morgan fingerprint density at radius 2 is 0.224 bits per heavy atom. The summed E-state index contributed by atoms with van der Waals surface area (Å²) in [5.41, 5.74) is 45.5. The van der Waals surface area contributed by atoms with E-state index in [9.17, 15) is 0 Å². The van der Waals surface area contributed by atoms with Crippen molar-refractivity contribution in [1.29, 1.82) is 0 Å². The van der Waals surface area contributed by atoms with Crippen LogP contribution in [0.2, 0.25) is 0 Å². The van der Waals surface area contributed by atoms with Gasteiger partial charge >= 0.3 is 0 Å². The Morgan fingerprint density at radius 1 is 0.0884 bits per heavy atom. The summed E-state index contributed by atoms with van der Waals surface area (Å²) in [6.45, 7) is 0. The van der Waals surface area contributed by atoms with E-state index in [0.717, 1.165) is 119 Å². The molecule has 0 saturated heterocycles. The summed E-state index contributed by atoms with van der Waals surface area (Å²) in [6, 6.07) is 185. The zero-order chi connectivity index (χ0) is 97.7. The van der Waals surface area contributed by atoms with Gasteiger partial charge in [0.2, 0.25) is 0 Å². The molecule has 0 unspecified atom stereocenters. The van der Waals surface area contributed by atoms with Gasteiger partial charge in [-0.2, -0.15) is 0 Å². The molecule has 3 heterocycles. The minimum atomic E-state index is 0.654. The first-order valence-corrected chi connectivity index (χ1v) is 50.0. The van der Waals surface area contributed by atoms with Crippen molar-refractivity contribution in [2.75, 3.05) is 0 Å². The minimum absolute atomic E-state index is 0.654. The van der Waals surface area contributed by atoms with Crippen molar-refractivity contribution in [2.45, 2.75) is 19.3 Å². The predicted octanol–water partition coefficient (Wildman–Crippen LogP) is 34.3. The highest BCUT2D eigenvalue weighted by Crippen LogP contribution is 2.50. The summed E-state index contributed by atoms with van der Waals surface area (Å²) in [5, 5.41) is 0. The monoisotopic (exact) mass is 1880 g/mol. The Morgan fingerprint density at radius 3 is 0.442 bits per heavy atom. The van der Waals surface area contributed by atoms with E-state index in [4.69, 9.17) is 44.9 Å². The summed E-state index contributed by atoms with van der Waals surface area (Å²) >= 11 is 0. The van der Waals surface area contributed by atoms with Gasteiger partial charge < -0.3 is 0 Å². The second-order valence-electron chi connectivity index (χ2n) is 37.2. The summed E-state index contributed by atoms with van der Waals surface area (Å²) < 4.78 is 0. The number of aromatic nitrogens is 9. The van der Waals surface area contributed by atoms with Gasteiger partial charge in [0.05, 0.1) is 0 Å². The van der Waals surface area contributed by atoms with Crippen LogP contribution in [0.3, 0.4) is 0 Å². The number of benzene rings is 21. The number of fused-ring (bicyclic) bond motifs is 9. The Labute approximate surface area is 855 Å². The van der Waals surface area contributed by atoms with E-state index >= 15 is 0 Å². The van der Waals surface area contributed by atoms with Gasteiger partial charge in [-0.25, -0.2) is 44.9 Å². The lowest BCUT2D eigenvalue weighted by atomic mass is 9.96. The van der Waals surface area contributed by atoms with Crippen molar-refractivity contribution in [1.82, 2.24) is 44.9 Å². The van der Waals surface area contributed by atoms with Crippen LogP contribution in [0.1, 0.15) is 33.4 Å². The Balaban J connectivity index is 0.000000115. The zero-order valence-electron chi connectivity index (χ0n) is 80.4. The quantitative estimate of drug-likeness (QED) is 0.0828. The van der Waals surface area contributed by atoms with Crippen molar-refractivity contribution in [3.63, 3.8) is 0 Å². The standard InChI is InChI=1S/3C46H31N3/c1-4-14-31(15-5-1)34-20-10-22-36(28-34)44-47-45(37-23-11-21-35(29-37)32-16-6-2-7-17-32)49-46(48-44)41-27-13-26-40-39-25-12-24-38(42(39)30-43(40)41)33-18-8-3-9-19-33;1-4-13-31(14-5-1)33-25-27-35(28-26-33)44-47-45(37-20-10-19-36(29-37)32-15-6-2-7-16-32)49-46(48-44)41-24-12-23-40-39-22-11-21-38(42(39)30-43(40)41)34-17-8-3-9-18-34;1-4-12-31(13-5-1)33-22-26-36(27-23-33)44-47-45(37-28-24-34(25-29-37)32-14-6-2-7-15-32)49-46(48-44)41-21-11-20-40-39-19-10-18-38(42(39)30-43(40)41)35-16-8-3-9-17-35/h3*1-29H,30H2. The molecule has 21 aromatic carbocycles. The van der Waals surface area contributed by atoms with Gasteiger partial charge in [0.1, 0.15) is 0 Å². The molecule has 0 spiro atoms. The molecule has 0 saturated carbocycles. The normalized spacial score (nSPS) is 11.6. The summed E-state index contributed by atoms with van der Waals surface area (Å²) in [6.07, 6.45) is 2.45. The first kappa shape index (κ1) is 89.0. The molecule has 0 bridgehead atoms. The summed E-state index contributed by atoms with van der Waals surface area (Å²) in [4.78, 5) is 46.4. The van der Waals surface area contributed by atoms with Gasteiger partial charge in [-0.05, 0) is 185 Å². The van der Waals surface area contributed by atoms with Crippen LogP contribution in [0.5, 0.6) is 0 Å². The molecule has 0 amide bonds. The SMILES string of the molecule is c1ccc(-c2ccc(-c3nc(-c4ccc(-c5ccccc5)cc4)nc(-c4cccc5c4Cc4c(-c6ccccc6)cccc4-5)n3)cc2)cc1.c1ccc(-c2ccc(-c3nc(-c4cccc(-c5ccccc5)c4)nc(-c4cccc5c4Cc4c(-c6ccccc6)cccc4-5)n3)cc2)cc1.c1ccc(-c2cccc(-c3nc(-c4cccc(-c5ccccc5)c4)nc(-c4cccc5c4Cc4c(-c6ccccc6)cccc4-5)n3)c2)cc1. The van der Waals surface area contributed by atoms with E-state index in [-0.39, 0.29) is 0 Å². The Hall–Kier alpha value is -19.4. The van der Waals surface area contributed by atoms with E-state index < -0.39 is 0 Å². The van der Waals surface area contributed by atoms with Crippen LogP contribution in [-0.4, -0.2) is 44.9 Å². The highest BCUT2D eigenvalue weighted by molar-refractivity contribution is 5.94. The van der Waals surface area contributed by atoms with Crippen molar-refractivity contribution in [3.05, 3.63) is 561 Å². The molecule has 0 N–H and O–H groups in total. The molecule has 3 aliphatic carbocycles. The van der Waals surface area contributed by atoms with Crippen LogP contribution < -0.4 is 0 Å². The molecule has 27 rings (SSSR count). The fourth-order valence-corrected chi connectivity index (χ4v) is 21.0. The molecule has 3 aromatic heterocycles. The molecule has 0 aliphatic heterocycles. The largest absolute Gasteiger partial charge is 0.208 e. The third-order valence-corrected chi connectivity index (χ3v) is 28.3. The Kier molecular flexibility index (Phi) is 24.2. The molecule has 147 heavy (non-hydrogen) atoms. The molecule has 24 aromatic rings. The van der Waals surface area contributed by atoms with Crippen molar-refractivity contribution in [3.8, 4) is 236 Å². The third kappa shape index (κ3) is 18.2. The van der Waals surface area contributed by atoms with Crippen LogP contribution in [0.25, 0.3) is 236 Å². The van der Waals surface area contributed by atoms with E-state index in [1.165, 1.54) is 117 Å². The molecular formula is C138H93N9. The van der Waals surface area contributed by atoms with Gasteiger partial charge in [-0.3, -0.25) is 0 Å². The van der Waals surface area contributed by atoms with Crippen molar-refractivity contribution < 1.29 is 0 Å². The van der Waals surface area contributed by atoms with Crippen LogP contribution in [0.4, 0.5) is 0 Å². The number of hydrogen-bond acceptors (Lipinski definition) is 9. The minimum Gasteiger partial charge on any atom is -0.208 e. The molecule has 9 nitrogen and oxygen atoms in total. The molecule has 690 valence electrons. The number of hydrogen-bond donors (Lipinski definition) is 0. The molecule has 0 atom stereocenters. The molecule has 0 fully saturated rings. The van der Waals surface area contributed by atoms with Gasteiger partial charge in [0.25, 0.3) is 0 Å². The highest BCUT2D eigenvalue weighted by atomic mass is 15.1. The lowest BCUT2D eigenvalue weighted by Crippen LogP contribution is -2.02. The molecule has 9 heteroatoms. The van der Waals surface area contributed by atoms with Crippen LogP contribution in [0.15, 0.2) is 528 Å². The average Bonchev–Trinajstić information content (AvgIpc) is 1.61. The topological polar surface area (TPSA) is 116 Å². The van der Waals surface area contributed by atoms with Gasteiger partial charge in [-0.1, -0.05) is 510 Å². The second-order valence-corrected chi connectivity index (χ2v) is 37.2. The van der Waals surface area contributed by atoms with Crippen LogP contribution in [0, 0.1) is 0 Å². The molecule has 0 radical (unpaired) electrons. The van der Waals surface area contributed by atoms with E-state index in [0.29, 0.717) is 52.4 Å². The van der Waals surface area contributed by atoms with Crippen molar-refractivity contribution in [2.24, 2.45) is 0 Å². The fourth-order valence-electron chi connectivity index (χ4n) is 21.0. The average molecular weight is 1880 g/mol. The smallest absolute Gasteiger partial charge is 0.164 e. The van der Waals surface area contributed by atoms with Crippen molar-refractivity contribution >= 4 is 0 Å². The number of nitrogens with zero attached hydrogens (tertiary/aromatic N) is 9. The number of rotatable bonds is 18. The Bertz CT molecular complexity index is 8770. The van der Waals surface area contributed by atoms with E-state index in [2.05, 4.69) is 491 Å². The van der Waals surface area contributed by atoms with Gasteiger partial charge in [-0.15, -0.1) is 0 Å². The lowest BCUT2D eigenvalue weighted by Gasteiger charge is -2.12. The lowest BCUT2D eigenvalue weighted by molar-refractivity contribution is 1.07. The maximum Gasteiger partial charge on any atom is 0.164 e. The van der Waals surface area contributed by atoms with E-state index in [1.54, 1.807) is 0 Å². The molecular weight excluding hydrogens is 1780 g/mol. The van der Waals surface area contributed by atoms with Crippen LogP contribution in [-0.2, 0) is 19.3 Å². The first-order chi connectivity index (χ1) is 72.8. The maximum atomic E-state index is 5.21. The predicted molar refractivity (Wildman–Crippen MR) is 602 cm³/mol. The van der Waals surface area contributed by atoms with Gasteiger partial charge in [0, 0.05) is 69.3 Å².